The van der Waals surface area contributed by atoms with Gasteiger partial charge in [0.1, 0.15) is 30.0 Å². The number of anilines is 1. The van der Waals surface area contributed by atoms with Crippen molar-refractivity contribution in [1.82, 2.24) is 21.3 Å². The van der Waals surface area contributed by atoms with Gasteiger partial charge in [0.25, 0.3) is 0 Å². The van der Waals surface area contributed by atoms with Gasteiger partial charge < -0.3 is 36.1 Å². The number of nitrogens with one attached hydrogen (secondary N) is 5. The van der Waals surface area contributed by atoms with Crippen LogP contribution in [0.15, 0.2) is 109 Å². The standard InChI is InChI=1S/C41H45N5O7.CH4/c1-41(2,3)53-40(51)46-34(22-27-18-20-30(21-19-27)52-26-29-14-8-5-9-15-29)38(49)43-25-36(47)44-35(39(50)42-24-28-12-6-4-7-13-28)23-32-31-16-10-11-17-33(31)45-37(32)48;/h4-21,32,34-35H,22-26H2,1-3H3,(H,42,50)(H,43,49)(H,44,47)(H,45,48)(H,46,51);1H4/t32?,34-,35-;/m0./s1. The normalized spacial score (nSPS) is 14.2. The van der Waals surface area contributed by atoms with Gasteiger partial charge in [0.2, 0.25) is 23.6 Å². The Morgan fingerprint density at radius 2 is 1.33 bits per heavy atom. The molecule has 4 aromatic carbocycles. The van der Waals surface area contributed by atoms with Crippen molar-refractivity contribution in [3.05, 3.63) is 131 Å². The predicted octanol–water partition coefficient (Wildman–Crippen LogP) is 5.38. The molecule has 1 unspecified atom stereocenters. The molecular weight excluding hydrogens is 686 g/mol. The summed E-state index contributed by atoms with van der Waals surface area (Å²) in [4.78, 5) is 65.9. The maximum atomic E-state index is 13.5. The second kappa shape index (κ2) is 19.1. The number of carbonyl (C=O) groups is 5. The molecule has 1 heterocycles. The Bertz CT molecular complexity index is 1880. The SMILES string of the molecule is C.CC(C)(C)OC(=O)N[C@@H](Cc1ccc(OCc2ccccc2)cc1)C(=O)NCC(=O)N[C@@H](CC1C(=O)Nc2ccccc21)C(=O)NCc1ccccc1. The molecule has 284 valence electrons. The first-order chi connectivity index (χ1) is 25.4. The number of alkyl carbamates (subject to hydrolysis) is 1. The molecule has 54 heavy (non-hydrogen) atoms. The van der Waals surface area contributed by atoms with Crippen LogP contribution in [0.2, 0.25) is 0 Å². The number of hydrogen-bond donors (Lipinski definition) is 5. The van der Waals surface area contributed by atoms with Gasteiger partial charge in [-0.15, -0.1) is 0 Å². The van der Waals surface area contributed by atoms with E-state index in [1.807, 2.05) is 66.7 Å². The second-order valence-corrected chi connectivity index (χ2v) is 13.7. The van der Waals surface area contributed by atoms with Gasteiger partial charge in [-0.1, -0.05) is 98.4 Å². The summed E-state index contributed by atoms with van der Waals surface area (Å²) in [6, 6.07) is 31.2. The third kappa shape index (κ3) is 12.2. The molecule has 0 bridgehead atoms. The molecule has 5 N–H and O–H groups in total. The Balaban J connectivity index is 0.00000650. The first kappa shape index (κ1) is 40.6. The van der Waals surface area contributed by atoms with Crippen LogP contribution in [-0.2, 0) is 43.5 Å². The zero-order valence-electron chi connectivity index (χ0n) is 30.0. The van der Waals surface area contributed by atoms with Gasteiger partial charge >= 0.3 is 6.09 Å². The summed E-state index contributed by atoms with van der Waals surface area (Å²) < 4.78 is 11.3. The summed E-state index contributed by atoms with van der Waals surface area (Å²) in [5.74, 6) is -2.08. The van der Waals surface area contributed by atoms with Gasteiger partial charge in [0.15, 0.2) is 0 Å². The predicted molar refractivity (Wildman–Crippen MR) is 206 cm³/mol. The van der Waals surface area contributed by atoms with Crippen LogP contribution in [0.25, 0.3) is 0 Å². The number of hydrogen-bond acceptors (Lipinski definition) is 7. The lowest BCUT2D eigenvalue weighted by Gasteiger charge is -2.24. The van der Waals surface area contributed by atoms with Crippen molar-refractivity contribution >= 4 is 35.4 Å². The van der Waals surface area contributed by atoms with Crippen LogP contribution in [-0.4, -0.2) is 54.0 Å². The van der Waals surface area contributed by atoms with Crippen molar-refractivity contribution in [1.29, 1.82) is 0 Å². The Labute approximate surface area is 316 Å². The Morgan fingerprint density at radius 3 is 2.00 bits per heavy atom. The van der Waals surface area contributed by atoms with E-state index in [2.05, 4.69) is 26.6 Å². The highest BCUT2D eigenvalue weighted by Crippen LogP contribution is 2.35. The maximum absolute atomic E-state index is 13.5. The van der Waals surface area contributed by atoms with Crippen molar-refractivity contribution in [2.75, 3.05) is 11.9 Å². The zero-order valence-corrected chi connectivity index (χ0v) is 30.0. The van der Waals surface area contributed by atoms with Gasteiger partial charge in [0.05, 0.1) is 12.5 Å². The van der Waals surface area contributed by atoms with Crippen molar-refractivity contribution in [2.24, 2.45) is 0 Å². The molecule has 1 aliphatic heterocycles. The summed E-state index contributed by atoms with van der Waals surface area (Å²) in [7, 11) is 0. The highest BCUT2D eigenvalue weighted by Gasteiger charge is 2.35. The van der Waals surface area contributed by atoms with E-state index in [0.29, 0.717) is 18.0 Å². The van der Waals surface area contributed by atoms with Gasteiger partial charge in [-0.2, -0.15) is 0 Å². The van der Waals surface area contributed by atoms with E-state index >= 15 is 0 Å². The van der Waals surface area contributed by atoms with Crippen LogP contribution < -0.4 is 31.3 Å². The van der Waals surface area contributed by atoms with Gasteiger partial charge in [-0.3, -0.25) is 19.2 Å². The molecule has 5 rings (SSSR count). The molecule has 0 saturated heterocycles. The third-order valence-electron chi connectivity index (χ3n) is 8.39. The van der Waals surface area contributed by atoms with Crippen LogP contribution in [0.3, 0.4) is 0 Å². The van der Waals surface area contributed by atoms with E-state index in [1.165, 1.54) is 0 Å². The molecule has 3 atom stereocenters. The number of fused-ring (bicyclic) bond motifs is 1. The lowest BCUT2D eigenvalue weighted by atomic mass is 9.93. The van der Waals surface area contributed by atoms with Crippen LogP contribution in [0.5, 0.6) is 5.75 Å². The monoisotopic (exact) mass is 735 g/mol. The molecule has 0 spiro atoms. The minimum atomic E-state index is -1.10. The summed E-state index contributed by atoms with van der Waals surface area (Å²) in [5.41, 5.74) is 3.18. The molecule has 0 aliphatic carbocycles. The molecule has 0 fully saturated rings. The highest BCUT2D eigenvalue weighted by molar-refractivity contribution is 6.03. The third-order valence-corrected chi connectivity index (χ3v) is 8.39. The van der Waals surface area contributed by atoms with Crippen molar-refractivity contribution < 1.29 is 33.4 Å². The minimum Gasteiger partial charge on any atom is -0.489 e. The molecular formula is C42H49N5O7. The molecule has 0 radical (unpaired) electrons. The first-order valence-corrected chi connectivity index (χ1v) is 17.5. The number of amides is 5. The number of ether oxygens (including phenoxy) is 2. The van der Waals surface area contributed by atoms with Crippen LogP contribution in [0, 0.1) is 0 Å². The lowest BCUT2D eigenvalue weighted by Crippen LogP contribution is -2.53. The van der Waals surface area contributed by atoms with E-state index in [-0.39, 0.29) is 32.7 Å². The Kier molecular flexibility index (Phi) is 14.3. The molecule has 0 saturated carbocycles. The fourth-order valence-electron chi connectivity index (χ4n) is 5.78. The van der Waals surface area contributed by atoms with Crippen molar-refractivity contribution in [2.45, 2.75) is 77.8 Å². The van der Waals surface area contributed by atoms with Crippen molar-refractivity contribution in [3.63, 3.8) is 0 Å². The summed E-state index contributed by atoms with van der Waals surface area (Å²) in [6.07, 6.45) is -0.709. The molecule has 12 heteroatoms. The minimum absolute atomic E-state index is 0. The van der Waals surface area contributed by atoms with E-state index in [1.54, 1.807) is 63.2 Å². The van der Waals surface area contributed by atoms with E-state index < -0.39 is 54.0 Å². The second-order valence-electron chi connectivity index (χ2n) is 13.7. The average molecular weight is 736 g/mol. The molecule has 4 aromatic rings. The molecule has 0 aromatic heterocycles. The summed E-state index contributed by atoms with van der Waals surface area (Å²) >= 11 is 0. The average Bonchev–Trinajstić information content (AvgIpc) is 3.46. The number of para-hydroxylation sites is 1. The molecule has 5 amide bonds. The van der Waals surface area contributed by atoms with Gasteiger partial charge in [-0.25, -0.2) is 4.79 Å². The quantitative estimate of drug-likeness (QED) is 0.109. The van der Waals surface area contributed by atoms with Crippen molar-refractivity contribution in [3.8, 4) is 5.75 Å². The molecule has 1 aliphatic rings. The summed E-state index contributed by atoms with van der Waals surface area (Å²) in [5, 5.41) is 13.6. The van der Waals surface area contributed by atoms with Crippen LogP contribution in [0.4, 0.5) is 10.5 Å². The smallest absolute Gasteiger partial charge is 0.408 e. The van der Waals surface area contributed by atoms with Gasteiger partial charge in [-0.05, 0) is 67.6 Å². The zero-order chi connectivity index (χ0) is 37.8. The van der Waals surface area contributed by atoms with E-state index in [9.17, 15) is 24.0 Å². The Hall–Kier alpha value is -6.17. The van der Waals surface area contributed by atoms with Crippen LogP contribution >= 0.6 is 0 Å². The maximum Gasteiger partial charge on any atom is 0.408 e. The fourth-order valence-corrected chi connectivity index (χ4v) is 5.78. The fraction of sp³-hybridized carbons (Fsp3) is 0.310. The van der Waals surface area contributed by atoms with E-state index in [4.69, 9.17) is 9.47 Å². The largest absolute Gasteiger partial charge is 0.489 e. The number of carbonyl (C=O) groups excluding carboxylic acids is 5. The topological polar surface area (TPSA) is 164 Å². The lowest BCUT2D eigenvalue weighted by molar-refractivity contribution is -0.130. The van der Waals surface area contributed by atoms with Crippen LogP contribution in [0.1, 0.15) is 62.8 Å². The summed E-state index contributed by atoms with van der Waals surface area (Å²) in [6.45, 7) is 5.24. The number of rotatable bonds is 15. The van der Waals surface area contributed by atoms with Gasteiger partial charge in [0, 0.05) is 18.7 Å². The highest BCUT2D eigenvalue weighted by atomic mass is 16.6. The Morgan fingerprint density at radius 1 is 0.722 bits per heavy atom. The molecule has 12 nitrogen and oxygen atoms in total. The van der Waals surface area contributed by atoms with E-state index in [0.717, 1.165) is 22.3 Å². The first-order valence-electron chi connectivity index (χ1n) is 17.5. The number of benzene rings is 4.